The molecule has 0 bridgehead atoms. The highest BCUT2D eigenvalue weighted by atomic mass is 16.7. The average Bonchev–Trinajstić information content (AvgIpc) is 3.32. The third kappa shape index (κ3) is 4.17. The minimum absolute atomic E-state index is 0.0973. The Hall–Kier alpha value is -3.30. The highest BCUT2D eigenvalue weighted by Gasteiger charge is 2.51. The second kappa shape index (κ2) is 8.60. The molecule has 0 N–H and O–H groups in total. The summed E-state index contributed by atoms with van der Waals surface area (Å²) in [5.41, 5.74) is 0.492. The first kappa shape index (κ1) is 20.0. The summed E-state index contributed by atoms with van der Waals surface area (Å²) in [4.78, 5) is 40.0. The molecular weight excluding hydrogens is 394 g/mol. The van der Waals surface area contributed by atoms with Crippen molar-refractivity contribution in [3.63, 3.8) is 0 Å². The Morgan fingerprint density at radius 1 is 0.900 bits per heavy atom. The van der Waals surface area contributed by atoms with E-state index in [4.69, 9.17) is 23.7 Å². The molecule has 9 nitrogen and oxygen atoms in total. The molecule has 3 heterocycles. The maximum absolute atomic E-state index is 12.6. The Kier molecular flexibility index (Phi) is 5.73. The van der Waals surface area contributed by atoms with Gasteiger partial charge in [0.25, 0.3) is 0 Å². The first-order valence-electron chi connectivity index (χ1n) is 9.35. The van der Waals surface area contributed by atoms with Crippen molar-refractivity contribution in [2.45, 2.75) is 31.3 Å². The Balaban J connectivity index is 1.39. The van der Waals surface area contributed by atoms with Crippen molar-refractivity contribution in [1.29, 1.82) is 0 Å². The van der Waals surface area contributed by atoms with E-state index in [-0.39, 0.29) is 24.5 Å². The van der Waals surface area contributed by atoms with Gasteiger partial charge >= 0.3 is 17.9 Å². The third-order valence-electron chi connectivity index (χ3n) is 4.76. The van der Waals surface area contributed by atoms with E-state index >= 15 is 0 Å². The summed E-state index contributed by atoms with van der Waals surface area (Å²) < 4.78 is 27.5. The molecule has 2 saturated heterocycles. The van der Waals surface area contributed by atoms with Crippen molar-refractivity contribution < 1.29 is 38.1 Å². The molecular formula is C21H19NO8. The number of rotatable bonds is 5. The first-order chi connectivity index (χ1) is 14.5. The molecule has 2 aliphatic heterocycles. The molecule has 2 aromatic rings. The van der Waals surface area contributed by atoms with Gasteiger partial charge in [0.1, 0.15) is 23.5 Å². The van der Waals surface area contributed by atoms with Crippen molar-refractivity contribution in [2.75, 3.05) is 13.2 Å². The highest BCUT2D eigenvalue weighted by molar-refractivity contribution is 5.93. The van der Waals surface area contributed by atoms with Crippen molar-refractivity contribution in [3.8, 4) is 5.75 Å². The summed E-state index contributed by atoms with van der Waals surface area (Å²) in [5, 5.41) is 0. The molecule has 9 heteroatoms. The lowest BCUT2D eigenvalue weighted by Crippen LogP contribution is -2.36. The number of aromatic nitrogens is 1. The second-order valence-corrected chi connectivity index (χ2v) is 6.81. The third-order valence-corrected chi connectivity index (χ3v) is 4.76. The van der Waals surface area contributed by atoms with Crippen LogP contribution in [0.25, 0.3) is 0 Å². The fraction of sp³-hybridized carbons (Fsp3) is 0.333. The number of esters is 3. The standard InChI is InChI=1S/C21H19NO8/c1-12(23)28-15-5-3-2-4-14(15)21(25)30-17-11-27-18-16(10-26-19(17)18)29-20(24)13-6-8-22-9-7-13/h2-9,16-19H,10-11H2,1H3/t16-,17+,18-,19-/m1/s1. The van der Waals surface area contributed by atoms with E-state index in [1.54, 1.807) is 24.3 Å². The molecule has 2 fully saturated rings. The van der Waals surface area contributed by atoms with Crippen molar-refractivity contribution in [1.82, 2.24) is 4.98 Å². The van der Waals surface area contributed by atoms with Gasteiger partial charge in [-0.3, -0.25) is 9.78 Å². The van der Waals surface area contributed by atoms with Crippen LogP contribution in [0.1, 0.15) is 27.6 Å². The minimum atomic E-state index is -0.683. The summed E-state index contributed by atoms with van der Waals surface area (Å²) >= 11 is 0. The lowest BCUT2D eigenvalue weighted by atomic mass is 10.1. The predicted molar refractivity (Wildman–Crippen MR) is 99.9 cm³/mol. The number of carbonyl (C=O) groups is 3. The number of ether oxygens (including phenoxy) is 5. The van der Waals surface area contributed by atoms with Gasteiger partial charge in [-0.15, -0.1) is 0 Å². The van der Waals surface area contributed by atoms with Crippen LogP contribution in [0.5, 0.6) is 5.75 Å². The van der Waals surface area contributed by atoms with Crippen LogP contribution in [0.3, 0.4) is 0 Å². The molecule has 4 rings (SSSR count). The van der Waals surface area contributed by atoms with Gasteiger partial charge < -0.3 is 23.7 Å². The number of hydrogen-bond donors (Lipinski definition) is 0. The Labute approximate surface area is 171 Å². The number of para-hydroxylation sites is 1. The van der Waals surface area contributed by atoms with Gasteiger partial charge in [-0.25, -0.2) is 9.59 Å². The quantitative estimate of drug-likeness (QED) is 0.532. The van der Waals surface area contributed by atoms with Gasteiger partial charge in [0.05, 0.1) is 18.8 Å². The number of benzene rings is 1. The predicted octanol–water partition coefficient (Wildman–Crippen LogP) is 1.56. The van der Waals surface area contributed by atoms with Crippen molar-refractivity contribution in [2.24, 2.45) is 0 Å². The number of fused-ring (bicyclic) bond motifs is 1. The molecule has 156 valence electrons. The highest BCUT2D eigenvalue weighted by Crippen LogP contribution is 2.32. The molecule has 2 aliphatic rings. The molecule has 0 aliphatic carbocycles. The van der Waals surface area contributed by atoms with E-state index in [1.165, 1.54) is 31.5 Å². The largest absolute Gasteiger partial charge is 0.453 e. The maximum Gasteiger partial charge on any atom is 0.342 e. The summed E-state index contributed by atoms with van der Waals surface area (Å²) in [6.45, 7) is 1.47. The fourth-order valence-electron chi connectivity index (χ4n) is 3.40. The van der Waals surface area contributed by atoms with E-state index in [0.717, 1.165) is 0 Å². The molecule has 1 aromatic carbocycles. The van der Waals surface area contributed by atoms with Gasteiger partial charge in [-0.1, -0.05) is 12.1 Å². The zero-order chi connectivity index (χ0) is 21.1. The zero-order valence-corrected chi connectivity index (χ0v) is 16.1. The van der Waals surface area contributed by atoms with Crippen LogP contribution in [0, 0.1) is 0 Å². The van der Waals surface area contributed by atoms with E-state index < -0.39 is 42.3 Å². The van der Waals surface area contributed by atoms with Crippen molar-refractivity contribution >= 4 is 17.9 Å². The van der Waals surface area contributed by atoms with E-state index in [9.17, 15) is 14.4 Å². The number of carbonyl (C=O) groups excluding carboxylic acids is 3. The Morgan fingerprint density at radius 3 is 2.13 bits per heavy atom. The normalized spacial score (nSPS) is 24.7. The molecule has 0 unspecified atom stereocenters. The van der Waals surface area contributed by atoms with Gasteiger partial charge in [-0.05, 0) is 24.3 Å². The van der Waals surface area contributed by atoms with Crippen LogP contribution in [0.15, 0.2) is 48.8 Å². The monoisotopic (exact) mass is 413 g/mol. The van der Waals surface area contributed by atoms with Gasteiger partial charge in [0.2, 0.25) is 0 Å². The summed E-state index contributed by atoms with van der Waals surface area (Å²) in [6.07, 6.45) is 0.590. The maximum atomic E-state index is 12.6. The van der Waals surface area contributed by atoms with Crippen LogP contribution in [-0.2, 0) is 23.7 Å². The summed E-state index contributed by atoms with van der Waals surface area (Å²) in [5.74, 6) is -1.60. The summed E-state index contributed by atoms with van der Waals surface area (Å²) in [7, 11) is 0. The lowest BCUT2D eigenvalue weighted by Gasteiger charge is -2.18. The molecule has 0 radical (unpaired) electrons. The molecule has 30 heavy (non-hydrogen) atoms. The zero-order valence-electron chi connectivity index (χ0n) is 16.1. The Morgan fingerprint density at radius 2 is 1.50 bits per heavy atom. The molecule has 1 aromatic heterocycles. The topological polar surface area (TPSA) is 110 Å². The average molecular weight is 413 g/mol. The smallest absolute Gasteiger partial charge is 0.342 e. The van der Waals surface area contributed by atoms with Crippen LogP contribution in [-0.4, -0.2) is 60.5 Å². The van der Waals surface area contributed by atoms with Crippen LogP contribution < -0.4 is 4.74 Å². The van der Waals surface area contributed by atoms with Gasteiger partial charge in [-0.2, -0.15) is 0 Å². The number of hydrogen-bond acceptors (Lipinski definition) is 9. The fourth-order valence-corrected chi connectivity index (χ4v) is 3.40. The van der Waals surface area contributed by atoms with Crippen molar-refractivity contribution in [3.05, 3.63) is 59.9 Å². The molecule has 0 saturated carbocycles. The SMILES string of the molecule is CC(=O)Oc1ccccc1C(=O)O[C@H]1CO[C@H]2[C@@H]1OC[C@H]2OC(=O)c1ccncc1. The molecule has 0 spiro atoms. The van der Waals surface area contributed by atoms with Crippen LogP contribution in [0.2, 0.25) is 0 Å². The minimum Gasteiger partial charge on any atom is -0.453 e. The van der Waals surface area contributed by atoms with E-state index in [0.29, 0.717) is 5.56 Å². The first-order valence-corrected chi connectivity index (χ1v) is 9.35. The molecule has 0 amide bonds. The van der Waals surface area contributed by atoms with Gasteiger partial charge in [0, 0.05) is 19.3 Å². The number of pyridine rings is 1. The van der Waals surface area contributed by atoms with Crippen LogP contribution in [0.4, 0.5) is 0 Å². The van der Waals surface area contributed by atoms with E-state index in [2.05, 4.69) is 4.98 Å². The van der Waals surface area contributed by atoms with Crippen LogP contribution >= 0.6 is 0 Å². The Bertz CT molecular complexity index is 947. The molecule has 4 atom stereocenters. The van der Waals surface area contributed by atoms with E-state index in [1.807, 2.05) is 0 Å². The van der Waals surface area contributed by atoms with Gasteiger partial charge in [0.15, 0.2) is 12.2 Å². The number of nitrogens with zero attached hydrogens (tertiary/aromatic N) is 1. The summed E-state index contributed by atoms with van der Waals surface area (Å²) in [6, 6.07) is 9.39. The second-order valence-electron chi connectivity index (χ2n) is 6.81. The lowest BCUT2D eigenvalue weighted by molar-refractivity contribution is -0.131.